The van der Waals surface area contributed by atoms with Gasteiger partial charge < -0.3 is 23.7 Å². The molecule has 0 aliphatic carbocycles. The van der Waals surface area contributed by atoms with Gasteiger partial charge in [-0.2, -0.15) is 0 Å². The zero-order valence-electron chi connectivity index (χ0n) is 12.7. The number of carbonyl (C=O) groups excluding carboxylic acids is 1. The van der Waals surface area contributed by atoms with Crippen LogP contribution in [-0.2, 0) is 4.74 Å². The number of benzene rings is 1. The van der Waals surface area contributed by atoms with Gasteiger partial charge in [-0.3, -0.25) is 0 Å². The predicted octanol–water partition coefficient (Wildman–Crippen LogP) is 2.88. The maximum Gasteiger partial charge on any atom is 0.346 e. The summed E-state index contributed by atoms with van der Waals surface area (Å²) in [6, 6.07) is 1.68. The van der Waals surface area contributed by atoms with Crippen molar-refractivity contribution >= 4 is 5.97 Å². The zero-order chi connectivity index (χ0) is 15.4. The summed E-state index contributed by atoms with van der Waals surface area (Å²) < 4.78 is 27.9. The van der Waals surface area contributed by atoms with Crippen LogP contribution >= 0.6 is 0 Å². The van der Waals surface area contributed by atoms with E-state index in [9.17, 15) is 4.79 Å². The first-order valence-electron chi connectivity index (χ1n) is 6.86. The Morgan fingerprint density at radius 3 is 1.90 bits per heavy atom. The fourth-order valence-corrected chi connectivity index (χ4v) is 2.41. The molecule has 2 heterocycles. The third-order valence-electron chi connectivity index (χ3n) is 3.05. The lowest BCUT2D eigenvalue weighted by Crippen LogP contribution is -2.31. The quantitative estimate of drug-likeness (QED) is 0.782. The molecule has 0 fully saturated rings. The van der Waals surface area contributed by atoms with E-state index in [1.807, 2.05) is 0 Å². The van der Waals surface area contributed by atoms with Gasteiger partial charge in [0.15, 0.2) is 28.6 Å². The summed E-state index contributed by atoms with van der Waals surface area (Å²) in [5.41, 5.74) is 0.209. The Hall–Kier alpha value is -2.11. The molecule has 0 atom stereocenters. The number of carbonyl (C=O) groups is 1. The van der Waals surface area contributed by atoms with E-state index in [0.29, 0.717) is 23.0 Å². The van der Waals surface area contributed by atoms with E-state index in [1.165, 1.54) is 0 Å². The van der Waals surface area contributed by atoms with Gasteiger partial charge in [-0.1, -0.05) is 0 Å². The van der Waals surface area contributed by atoms with E-state index < -0.39 is 17.5 Å². The van der Waals surface area contributed by atoms with Crippen molar-refractivity contribution in [3.63, 3.8) is 0 Å². The third-order valence-corrected chi connectivity index (χ3v) is 3.05. The summed E-state index contributed by atoms with van der Waals surface area (Å²) in [4.78, 5) is 12.3. The Kier molecular flexibility index (Phi) is 2.77. The largest absolute Gasteiger partial charge is 0.462 e. The van der Waals surface area contributed by atoms with Crippen molar-refractivity contribution < 1.29 is 28.5 Å². The molecule has 0 unspecified atom stereocenters. The van der Waals surface area contributed by atoms with E-state index in [1.54, 1.807) is 40.7 Å². The summed E-state index contributed by atoms with van der Waals surface area (Å²) in [6.07, 6.45) is 0. The third kappa shape index (κ3) is 2.24. The molecule has 21 heavy (non-hydrogen) atoms. The molecule has 2 aliphatic rings. The summed E-state index contributed by atoms with van der Waals surface area (Å²) in [7, 11) is 0. The lowest BCUT2D eigenvalue weighted by Gasteiger charge is -2.18. The molecule has 0 N–H and O–H groups in total. The molecule has 0 saturated carbocycles. The second-order valence-electron chi connectivity index (χ2n) is 5.83. The average Bonchev–Trinajstić information content (AvgIpc) is 2.78. The van der Waals surface area contributed by atoms with E-state index in [0.717, 1.165) is 0 Å². The molecule has 3 rings (SSSR count). The Morgan fingerprint density at radius 1 is 1.00 bits per heavy atom. The van der Waals surface area contributed by atoms with Crippen LogP contribution in [0, 0.1) is 0 Å². The number of fused-ring (bicyclic) bond motifs is 2. The highest BCUT2D eigenvalue weighted by Crippen LogP contribution is 2.53. The molecular formula is C15H18O6. The van der Waals surface area contributed by atoms with Crippen molar-refractivity contribution in [3.8, 4) is 23.0 Å². The Labute approximate surface area is 122 Å². The van der Waals surface area contributed by atoms with Gasteiger partial charge in [0.2, 0.25) is 11.6 Å². The van der Waals surface area contributed by atoms with Crippen molar-refractivity contribution in [2.24, 2.45) is 0 Å². The maximum atomic E-state index is 12.3. The monoisotopic (exact) mass is 294 g/mol. The van der Waals surface area contributed by atoms with Crippen LogP contribution in [0.3, 0.4) is 0 Å². The first-order valence-corrected chi connectivity index (χ1v) is 6.86. The average molecular weight is 294 g/mol. The minimum atomic E-state index is -0.853. The molecule has 2 aliphatic heterocycles. The first kappa shape index (κ1) is 13.9. The molecule has 1 aromatic carbocycles. The van der Waals surface area contributed by atoms with Crippen molar-refractivity contribution in [2.75, 3.05) is 6.61 Å². The standard InChI is InChI=1S/C15H18O6/c1-6-17-13(16)10-11-8(18-14(2,3)20-11)7-9-12(10)21-15(4,5)19-9/h7H,6H2,1-5H3. The van der Waals surface area contributed by atoms with Crippen molar-refractivity contribution in [1.29, 1.82) is 0 Å². The second kappa shape index (κ2) is 4.19. The van der Waals surface area contributed by atoms with Gasteiger partial charge in [-0.15, -0.1) is 0 Å². The van der Waals surface area contributed by atoms with Crippen LogP contribution in [0.5, 0.6) is 23.0 Å². The molecule has 6 heteroatoms. The highest BCUT2D eigenvalue weighted by molar-refractivity contribution is 5.98. The first-order chi connectivity index (χ1) is 9.72. The maximum absolute atomic E-state index is 12.3. The number of hydrogen-bond donors (Lipinski definition) is 0. The molecule has 0 radical (unpaired) electrons. The van der Waals surface area contributed by atoms with E-state index >= 15 is 0 Å². The van der Waals surface area contributed by atoms with Crippen molar-refractivity contribution in [3.05, 3.63) is 11.6 Å². The van der Waals surface area contributed by atoms with E-state index in [4.69, 9.17) is 23.7 Å². The van der Waals surface area contributed by atoms with Gasteiger partial charge in [0.05, 0.1) is 6.61 Å². The minimum absolute atomic E-state index is 0.209. The van der Waals surface area contributed by atoms with Gasteiger partial charge in [0.25, 0.3) is 0 Å². The van der Waals surface area contributed by atoms with Gasteiger partial charge in [-0.05, 0) is 6.92 Å². The van der Waals surface area contributed by atoms with Crippen LogP contribution in [0.15, 0.2) is 6.07 Å². The van der Waals surface area contributed by atoms with Crippen LogP contribution in [0.1, 0.15) is 45.0 Å². The summed E-state index contributed by atoms with van der Waals surface area (Å²) in [5.74, 6) is -0.668. The molecular weight excluding hydrogens is 276 g/mol. The van der Waals surface area contributed by atoms with Gasteiger partial charge in [0.1, 0.15) is 0 Å². The molecule has 0 saturated heterocycles. The summed E-state index contributed by atoms with van der Waals surface area (Å²) >= 11 is 0. The lowest BCUT2D eigenvalue weighted by atomic mass is 10.1. The van der Waals surface area contributed by atoms with Crippen LogP contribution in [0.4, 0.5) is 0 Å². The molecule has 0 aromatic heterocycles. The second-order valence-corrected chi connectivity index (χ2v) is 5.83. The normalized spacial score (nSPS) is 19.5. The predicted molar refractivity (Wildman–Crippen MR) is 73.1 cm³/mol. The Balaban J connectivity index is 2.15. The molecule has 6 nitrogen and oxygen atoms in total. The van der Waals surface area contributed by atoms with Gasteiger partial charge >= 0.3 is 5.97 Å². The molecule has 0 amide bonds. The number of esters is 1. The number of ether oxygens (including phenoxy) is 5. The van der Waals surface area contributed by atoms with E-state index in [-0.39, 0.29) is 12.2 Å². The summed E-state index contributed by atoms with van der Waals surface area (Å²) in [5, 5.41) is 0. The highest BCUT2D eigenvalue weighted by Gasteiger charge is 2.44. The van der Waals surface area contributed by atoms with Crippen LogP contribution in [0.25, 0.3) is 0 Å². The number of rotatable bonds is 2. The van der Waals surface area contributed by atoms with Crippen LogP contribution in [-0.4, -0.2) is 24.2 Å². The van der Waals surface area contributed by atoms with Crippen LogP contribution < -0.4 is 18.9 Å². The van der Waals surface area contributed by atoms with Crippen molar-refractivity contribution in [1.82, 2.24) is 0 Å². The van der Waals surface area contributed by atoms with Crippen molar-refractivity contribution in [2.45, 2.75) is 46.2 Å². The van der Waals surface area contributed by atoms with Crippen LogP contribution in [0.2, 0.25) is 0 Å². The fourth-order valence-electron chi connectivity index (χ4n) is 2.41. The fraction of sp³-hybridized carbons (Fsp3) is 0.533. The van der Waals surface area contributed by atoms with Gasteiger partial charge in [-0.25, -0.2) is 4.79 Å². The molecule has 0 spiro atoms. The topological polar surface area (TPSA) is 63.2 Å². The zero-order valence-corrected chi connectivity index (χ0v) is 12.7. The highest BCUT2D eigenvalue weighted by atomic mass is 16.7. The summed E-state index contributed by atoms with van der Waals surface area (Å²) in [6.45, 7) is 9.05. The Bertz CT molecular complexity index is 575. The molecule has 114 valence electrons. The Morgan fingerprint density at radius 2 is 1.48 bits per heavy atom. The van der Waals surface area contributed by atoms with E-state index in [2.05, 4.69) is 0 Å². The smallest absolute Gasteiger partial charge is 0.346 e. The SMILES string of the molecule is CCOC(=O)c1c2c(cc3c1OC(C)(C)O3)OC(C)(C)O2. The molecule has 1 aromatic rings. The lowest BCUT2D eigenvalue weighted by molar-refractivity contribution is -0.0487. The number of hydrogen-bond acceptors (Lipinski definition) is 6. The molecule has 0 bridgehead atoms. The van der Waals surface area contributed by atoms with Gasteiger partial charge in [0, 0.05) is 33.8 Å². The minimum Gasteiger partial charge on any atom is -0.462 e.